The highest BCUT2D eigenvalue weighted by atomic mass is 79.9. The number of allylic oxidation sites excluding steroid dienone is 1. The lowest BCUT2D eigenvalue weighted by Gasteiger charge is -2.11. The van der Waals surface area contributed by atoms with Crippen molar-refractivity contribution in [1.29, 1.82) is 0 Å². The van der Waals surface area contributed by atoms with Gasteiger partial charge in [0.15, 0.2) is 0 Å². The Morgan fingerprint density at radius 3 is 2.23 bits per heavy atom. The third-order valence-corrected chi connectivity index (χ3v) is 2.97. The van der Waals surface area contributed by atoms with Gasteiger partial charge in [0.25, 0.3) is 0 Å². The number of hydrogen-bond donors (Lipinski definition) is 0. The quantitative estimate of drug-likeness (QED) is 0.423. The minimum atomic E-state index is -3.44. The van der Waals surface area contributed by atoms with Gasteiger partial charge < -0.3 is 9.26 Å². The lowest BCUT2D eigenvalue weighted by Crippen LogP contribution is -1.93. The largest absolute Gasteiger partial charge is 0.529 e. The average Bonchev–Trinajstić information content (AvgIpc) is 2.19. The second-order valence-corrected chi connectivity index (χ2v) is 4.24. The average molecular weight is 275 g/mol. The zero-order chi connectivity index (χ0) is 10.3. The molecule has 0 aliphatic rings. The minimum Gasteiger partial charge on any atom is -0.497 e. The van der Waals surface area contributed by atoms with Gasteiger partial charge in [-0.3, -0.25) is 9.05 Å². The second-order valence-electron chi connectivity index (χ2n) is 1.84. The smallest absolute Gasteiger partial charge is 0.497 e. The van der Waals surface area contributed by atoms with Crippen molar-refractivity contribution in [2.24, 2.45) is 0 Å². The van der Waals surface area contributed by atoms with E-state index in [2.05, 4.69) is 25.0 Å². The number of ether oxygens (including phenoxy) is 1. The molecule has 0 aromatic heterocycles. The monoisotopic (exact) mass is 274 g/mol. The summed E-state index contributed by atoms with van der Waals surface area (Å²) in [6.45, 7) is 0. The van der Waals surface area contributed by atoms with Crippen LogP contribution in [-0.2, 0) is 22.9 Å². The summed E-state index contributed by atoms with van der Waals surface area (Å²) in [4.78, 5) is 0. The molecule has 0 aliphatic carbocycles. The van der Waals surface area contributed by atoms with E-state index in [4.69, 9.17) is 9.26 Å². The third-order valence-electron chi connectivity index (χ3n) is 1.15. The summed E-state index contributed by atoms with van der Waals surface area (Å²) in [6.07, 6.45) is 1.18. The standard InChI is InChI=1S/C6H12BrO5P/c1-9-6(4-7)5-12-13(8,10-2)11-3/h5H,4H2,1-3H3. The van der Waals surface area contributed by atoms with Crippen LogP contribution in [0.1, 0.15) is 0 Å². The highest BCUT2D eigenvalue weighted by Crippen LogP contribution is 2.47. The molecule has 0 aromatic rings. The van der Waals surface area contributed by atoms with Crippen molar-refractivity contribution >= 4 is 23.8 Å². The lowest BCUT2D eigenvalue weighted by molar-refractivity contribution is 0.185. The first-order valence-corrected chi connectivity index (χ1v) is 5.89. The molecule has 0 saturated heterocycles. The van der Waals surface area contributed by atoms with Crippen LogP contribution in [0.15, 0.2) is 12.0 Å². The summed E-state index contributed by atoms with van der Waals surface area (Å²) in [5.41, 5.74) is 0. The highest BCUT2D eigenvalue weighted by molar-refractivity contribution is 9.09. The lowest BCUT2D eigenvalue weighted by atomic mass is 10.6. The Balaban J connectivity index is 4.26. The van der Waals surface area contributed by atoms with Crippen LogP contribution in [0, 0.1) is 0 Å². The predicted molar refractivity (Wildman–Crippen MR) is 51.6 cm³/mol. The molecule has 0 radical (unpaired) electrons. The van der Waals surface area contributed by atoms with E-state index in [9.17, 15) is 4.57 Å². The molecule has 78 valence electrons. The van der Waals surface area contributed by atoms with Crippen LogP contribution in [0.3, 0.4) is 0 Å². The molecule has 5 nitrogen and oxygen atoms in total. The van der Waals surface area contributed by atoms with Crippen molar-refractivity contribution in [1.82, 2.24) is 0 Å². The zero-order valence-electron chi connectivity index (χ0n) is 7.65. The Morgan fingerprint density at radius 2 is 1.92 bits per heavy atom. The fourth-order valence-corrected chi connectivity index (χ4v) is 1.35. The minimum absolute atomic E-state index is 0.455. The van der Waals surface area contributed by atoms with Crippen molar-refractivity contribution in [3.8, 4) is 0 Å². The van der Waals surface area contributed by atoms with Gasteiger partial charge >= 0.3 is 7.82 Å². The second kappa shape index (κ2) is 6.43. The van der Waals surface area contributed by atoms with Crippen LogP contribution in [0.2, 0.25) is 0 Å². The number of rotatable bonds is 6. The van der Waals surface area contributed by atoms with Crippen LogP contribution in [-0.4, -0.2) is 26.7 Å². The summed E-state index contributed by atoms with van der Waals surface area (Å²) in [5.74, 6) is 0.481. The maximum absolute atomic E-state index is 11.3. The third kappa shape index (κ3) is 4.67. The molecule has 0 aromatic carbocycles. The fraction of sp³-hybridized carbons (Fsp3) is 0.667. The van der Waals surface area contributed by atoms with Gasteiger partial charge in [0.2, 0.25) is 0 Å². The van der Waals surface area contributed by atoms with E-state index in [0.29, 0.717) is 11.1 Å². The number of halogens is 1. The topological polar surface area (TPSA) is 54.0 Å². The van der Waals surface area contributed by atoms with Crippen molar-refractivity contribution in [3.05, 3.63) is 12.0 Å². The van der Waals surface area contributed by atoms with Crippen molar-refractivity contribution in [3.63, 3.8) is 0 Å². The van der Waals surface area contributed by atoms with Gasteiger partial charge in [0.1, 0.15) is 12.0 Å². The summed E-state index contributed by atoms with van der Waals surface area (Å²) in [5, 5.41) is 0.455. The first kappa shape index (κ1) is 13.0. The molecule has 0 atom stereocenters. The number of hydrogen-bond acceptors (Lipinski definition) is 5. The van der Waals surface area contributed by atoms with Crippen LogP contribution in [0.4, 0.5) is 0 Å². The maximum Gasteiger partial charge on any atom is 0.529 e. The zero-order valence-corrected chi connectivity index (χ0v) is 10.1. The van der Waals surface area contributed by atoms with Crippen LogP contribution >= 0.6 is 23.8 Å². The van der Waals surface area contributed by atoms with Crippen molar-refractivity contribution < 1.29 is 22.9 Å². The van der Waals surface area contributed by atoms with Gasteiger partial charge in [-0.25, -0.2) is 4.57 Å². The summed E-state index contributed by atoms with van der Waals surface area (Å²) in [7, 11) is 0.504. The Labute approximate surface area is 85.7 Å². The van der Waals surface area contributed by atoms with Crippen molar-refractivity contribution in [2.45, 2.75) is 0 Å². The Bertz CT molecular complexity index is 203. The molecule has 7 heteroatoms. The Hall–Kier alpha value is -0.0300. The Morgan fingerprint density at radius 1 is 1.38 bits per heavy atom. The molecular formula is C6H12BrO5P. The van der Waals surface area contributed by atoms with Gasteiger partial charge in [-0.2, -0.15) is 0 Å². The van der Waals surface area contributed by atoms with E-state index >= 15 is 0 Å². The number of phosphoric ester groups is 1. The van der Waals surface area contributed by atoms with Gasteiger partial charge in [-0.1, -0.05) is 15.9 Å². The number of methoxy groups -OCH3 is 1. The van der Waals surface area contributed by atoms with Gasteiger partial charge in [0, 0.05) is 14.2 Å². The van der Waals surface area contributed by atoms with Crippen LogP contribution < -0.4 is 0 Å². The molecular weight excluding hydrogens is 263 g/mol. The molecule has 0 bridgehead atoms. The predicted octanol–water partition coefficient (Wildman–Crippen LogP) is 2.29. The molecule has 0 amide bonds. The highest BCUT2D eigenvalue weighted by Gasteiger charge is 2.22. The molecule has 0 aliphatic heterocycles. The Kier molecular flexibility index (Phi) is 6.41. The van der Waals surface area contributed by atoms with E-state index in [1.807, 2.05) is 0 Å². The van der Waals surface area contributed by atoms with Crippen molar-refractivity contribution in [2.75, 3.05) is 26.7 Å². The molecule has 0 fully saturated rings. The molecule has 0 spiro atoms. The molecule has 0 saturated carbocycles. The summed E-state index contributed by atoms with van der Waals surface area (Å²) < 4.78 is 30.0. The van der Waals surface area contributed by atoms with Crippen LogP contribution in [0.5, 0.6) is 0 Å². The summed E-state index contributed by atoms with van der Waals surface area (Å²) >= 11 is 3.14. The van der Waals surface area contributed by atoms with Gasteiger partial charge in [0.05, 0.1) is 12.4 Å². The normalized spacial score (nSPS) is 12.8. The van der Waals surface area contributed by atoms with E-state index in [1.54, 1.807) is 0 Å². The van der Waals surface area contributed by atoms with E-state index in [0.717, 1.165) is 0 Å². The number of alkyl halides is 1. The molecule has 0 heterocycles. The number of phosphoric acid groups is 1. The molecule has 0 N–H and O–H groups in total. The fourth-order valence-electron chi connectivity index (χ4n) is 0.418. The maximum atomic E-state index is 11.3. The van der Waals surface area contributed by atoms with Crippen LogP contribution in [0.25, 0.3) is 0 Å². The first-order valence-electron chi connectivity index (χ1n) is 3.30. The SMILES string of the molecule is COC(=COP(=O)(OC)OC)CBr. The van der Waals surface area contributed by atoms with E-state index in [1.165, 1.54) is 27.6 Å². The van der Waals surface area contributed by atoms with Gasteiger partial charge in [-0.15, -0.1) is 0 Å². The summed E-state index contributed by atoms with van der Waals surface area (Å²) in [6, 6.07) is 0. The van der Waals surface area contributed by atoms with Gasteiger partial charge in [-0.05, 0) is 0 Å². The molecule has 0 rings (SSSR count). The first-order chi connectivity index (χ1) is 6.11. The molecule has 13 heavy (non-hydrogen) atoms. The van der Waals surface area contributed by atoms with E-state index in [-0.39, 0.29) is 0 Å². The van der Waals surface area contributed by atoms with E-state index < -0.39 is 7.82 Å². The molecule has 0 unspecified atom stereocenters.